The normalized spacial score (nSPS) is 11.3. The van der Waals surface area contributed by atoms with Crippen LogP contribution >= 0.6 is 11.6 Å². The Balaban J connectivity index is 0. The Hall–Kier alpha value is 2.20. The predicted octanol–water partition coefficient (Wildman–Crippen LogP) is -6.43. The molecule has 1 aromatic rings. The minimum Gasteiger partial charge on any atom is -0.744 e. The van der Waals surface area contributed by atoms with Gasteiger partial charge in [-0.15, -0.1) is 0 Å². The summed E-state index contributed by atoms with van der Waals surface area (Å²) in [7, 11) is -10.5. The van der Waals surface area contributed by atoms with E-state index in [1.807, 2.05) is 0 Å². The van der Waals surface area contributed by atoms with E-state index in [-0.39, 0.29) is 109 Å². The molecule has 0 atom stereocenters. The monoisotopic (exact) mass is 380 g/mol. The second-order valence-electron chi connectivity index (χ2n) is 2.79. The Morgan fingerprint density at radius 1 is 0.895 bits per heavy atom. The molecule has 8 nitrogen and oxygen atoms in total. The molecule has 0 radical (unpaired) electrons. The predicted molar refractivity (Wildman–Crippen MR) is 50.7 cm³/mol. The molecule has 2 N–H and O–H groups in total. The minimum atomic E-state index is -5.25. The molecule has 0 aromatic heterocycles. The number of aromatic hydroxyl groups is 2. The summed E-state index contributed by atoms with van der Waals surface area (Å²) >= 11 is 5.19. The SMILES string of the molecule is O=S(=O)([O-])c1cc(S(=O)(=O)[O-])c(O)c(Cl)c1O.[K+].[K+]. The van der Waals surface area contributed by atoms with Crippen LogP contribution in [0, 0.1) is 0 Å². The fraction of sp³-hybridized carbons (Fsp3) is 0. The van der Waals surface area contributed by atoms with Crippen molar-refractivity contribution in [1.82, 2.24) is 0 Å². The third-order valence-corrected chi connectivity index (χ3v) is 3.74. The van der Waals surface area contributed by atoms with E-state index in [0.717, 1.165) is 0 Å². The summed E-state index contributed by atoms with van der Waals surface area (Å²) in [4.78, 5) is -2.82. The van der Waals surface area contributed by atoms with Crippen molar-refractivity contribution >= 4 is 31.8 Å². The molecule has 0 saturated heterocycles. The Labute approximate surface area is 198 Å². The average molecular weight is 381 g/mol. The first-order valence-electron chi connectivity index (χ1n) is 3.62. The largest absolute Gasteiger partial charge is 1.00 e. The summed E-state index contributed by atoms with van der Waals surface area (Å²) in [5, 5.41) is 17.2. The molecule has 0 bridgehead atoms. The molecular weight excluding hydrogens is 378 g/mol. The summed E-state index contributed by atoms with van der Waals surface area (Å²) in [6, 6.07) is 0.0429. The standard InChI is InChI=1S/C6H5ClO8S2.2K/c7-4-5(8)2(16(10,11)12)1-3(6(4)9)17(13,14)15;;/h1,8-9H,(H,10,11,12)(H,13,14,15);;/q;2*+1/p-2. The van der Waals surface area contributed by atoms with Crippen LogP contribution in [-0.4, -0.2) is 36.2 Å². The van der Waals surface area contributed by atoms with Crippen LogP contribution in [0.15, 0.2) is 15.9 Å². The van der Waals surface area contributed by atoms with Gasteiger partial charge >= 0.3 is 103 Å². The quantitative estimate of drug-likeness (QED) is 0.379. The number of phenols is 2. The third-order valence-electron chi connectivity index (χ3n) is 1.68. The van der Waals surface area contributed by atoms with E-state index in [2.05, 4.69) is 0 Å². The van der Waals surface area contributed by atoms with E-state index in [1.165, 1.54) is 0 Å². The summed E-state index contributed by atoms with van der Waals surface area (Å²) in [6.45, 7) is 0. The number of phenolic OH excluding ortho intramolecular Hbond substituents is 2. The smallest absolute Gasteiger partial charge is 0.744 e. The molecule has 0 aliphatic heterocycles. The van der Waals surface area contributed by atoms with Gasteiger partial charge in [0.25, 0.3) is 0 Å². The number of benzene rings is 1. The van der Waals surface area contributed by atoms with E-state index in [9.17, 15) is 25.9 Å². The van der Waals surface area contributed by atoms with E-state index >= 15 is 0 Å². The van der Waals surface area contributed by atoms with Gasteiger partial charge in [-0.2, -0.15) is 0 Å². The molecule has 13 heteroatoms. The van der Waals surface area contributed by atoms with Crippen LogP contribution in [0.5, 0.6) is 11.5 Å². The molecule has 0 saturated carbocycles. The van der Waals surface area contributed by atoms with Crippen molar-refractivity contribution < 1.29 is 139 Å². The number of hydrogen-bond donors (Lipinski definition) is 2. The van der Waals surface area contributed by atoms with Gasteiger partial charge in [0.1, 0.15) is 25.3 Å². The second-order valence-corrected chi connectivity index (χ2v) is 5.87. The van der Waals surface area contributed by atoms with Crippen LogP contribution < -0.4 is 103 Å². The maximum atomic E-state index is 10.6. The van der Waals surface area contributed by atoms with Crippen molar-refractivity contribution in [3.05, 3.63) is 11.1 Å². The molecule has 0 heterocycles. The minimum absolute atomic E-state index is 0. The Morgan fingerprint density at radius 3 is 1.37 bits per heavy atom. The van der Waals surface area contributed by atoms with E-state index in [0.29, 0.717) is 0 Å². The van der Waals surface area contributed by atoms with Crippen molar-refractivity contribution in [2.75, 3.05) is 0 Å². The molecule has 0 aliphatic carbocycles. The first-order valence-corrected chi connectivity index (χ1v) is 6.82. The van der Waals surface area contributed by atoms with Crippen LogP contribution in [0.25, 0.3) is 0 Å². The molecular formula is C6H3ClK2O8S2. The van der Waals surface area contributed by atoms with Crippen LogP contribution in [0.4, 0.5) is 0 Å². The number of rotatable bonds is 2. The molecule has 1 aromatic carbocycles. The third kappa shape index (κ3) is 5.72. The summed E-state index contributed by atoms with van der Waals surface area (Å²) < 4.78 is 63.9. The molecule has 0 fully saturated rings. The van der Waals surface area contributed by atoms with Gasteiger partial charge in [0.05, 0.1) is 9.79 Å². The van der Waals surface area contributed by atoms with Crippen molar-refractivity contribution in [2.24, 2.45) is 0 Å². The van der Waals surface area contributed by atoms with Crippen LogP contribution in [0.2, 0.25) is 5.02 Å². The molecule has 19 heavy (non-hydrogen) atoms. The van der Waals surface area contributed by atoms with Crippen molar-refractivity contribution in [2.45, 2.75) is 9.79 Å². The summed E-state index contributed by atoms with van der Waals surface area (Å²) in [6.07, 6.45) is 0. The van der Waals surface area contributed by atoms with Gasteiger partial charge in [0.2, 0.25) is 0 Å². The first-order chi connectivity index (χ1) is 7.46. The Bertz CT molecular complexity index is 627. The molecule has 0 spiro atoms. The zero-order valence-corrected chi connectivity index (χ0v) is 18.3. The Morgan fingerprint density at radius 2 is 1.16 bits per heavy atom. The first kappa shape index (κ1) is 23.5. The number of hydrogen-bond acceptors (Lipinski definition) is 8. The van der Waals surface area contributed by atoms with Crippen LogP contribution in [0.3, 0.4) is 0 Å². The molecule has 96 valence electrons. The van der Waals surface area contributed by atoms with Crippen molar-refractivity contribution in [1.29, 1.82) is 0 Å². The van der Waals surface area contributed by atoms with Gasteiger partial charge in [-0.3, -0.25) is 0 Å². The van der Waals surface area contributed by atoms with Crippen molar-refractivity contribution in [3.63, 3.8) is 0 Å². The van der Waals surface area contributed by atoms with Gasteiger partial charge < -0.3 is 19.3 Å². The molecule has 1 rings (SSSR count). The molecule has 0 aliphatic rings. The van der Waals surface area contributed by atoms with E-state index in [1.54, 1.807) is 0 Å². The molecule has 0 amide bonds. The van der Waals surface area contributed by atoms with E-state index in [4.69, 9.17) is 21.8 Å². The van der Waals surface area contributed by atoms with Crippen LogP contribution in [0.1, 0.15) is 0 Å². The topological polar surface area (TPSA) is 155 Å². The van der Waals surface area contributed by atoms with Gasteiger partial charge in [-0.1, -0.05) is 11.6 Å². The fourth-order valence-corrected chi connectivity index (χ4v) is 2.56. The molecule has 0 unspecified atom stereocenters. The Kier molecular flexibility index (Phi) is 10.1. The fourth-order valence-electron chi connectivity index (χ4n) is 0.965. The number of halogens is 1. The average Bonchev–Trinajstić information content (AvgIpc) is 2.10. The van der Waals surface area contributed by atoms with Gasteiger partial charge in [-0.25, -0.2) is 16.8 Å². The van der Waals surface area contributed by atoms with Gasteiger partial charge in [0.15, 0.2) is 11.5 Å². The zero-order chi connectivity index (χ0) is 13.6. The van der Waals surface area contributed by atoms with Crippen molar-refractivity contribution in [3.8, 4) is 11.5 Å². The maximum Gasteiger partial charge on any atom is 1.00 e. The maximum absolute atomic E-state index is 10.6. The van der Waals surface area contributed by atoms with Crippen LogP contribution in [-0.2, 0) is 20.2 Å². The zero-order valence-electron chi connectivity index (χ0n) is 9.62. The van der Waals surface area contributed by atoms with Gasteiger partial charge in [0, 0.05) is 0 Å². The second kappa shape index (κ2) is 8.17. The summed E-state index contributed by atoms with van der Waals surface area (Å²) in [5.74, 6) is -2.65. The summed E-state index contributed by atoms with van der Waals surface area (Å²) in [5.41, 5.74) is 0. The van der Waals surface area contributed by atoms with E-state index < -0.39 is 46.5 Å². The van der Waals surface area contributed by atoms with Gasteiger partial charge in [-0.05, 0) is 6.07 Å².